The first-order chi connectivity index (χ1) is 9.69. The van der Waals surface area contributed by atoms with Gasteiger partial charge < -0.3 is 5.11 Å². The van der Waals surface area contributed by atoms with Crippen molar-refractivity contribution in [3.63, 3.8) is 0 Å². The molecule has 2 nitrogen and oxygen atoms in total. The Bertz CT molecular complexity index is 424. The normalized spacial score (nSPS) is 26.4. The summed E-state index contributed by atoms with van der Waals surface area (Å²) in [6.07, 6.45) is 8.04. The zero-order chi connectivity index (χ0) is 14.4. The first-order valence-electron chi connectivity index (χ1n) is 7.96. The Balaban J connectivity index is 2.13. The van der Waals surface area contributed by atoms with Gasteiger partial charge in [-0.2, -0.15) is 0 Å². The minimum absolute atomic E-state index is 0.363. The first-order valence-corrected chi connectivity index (χ1v) is 7.96. The molecule has 20 heavy (non-hydrogen) atoms. The lowest BCUT2D eigenvalue weighted by atomic mass is 9.62. The fourth-order valence-electron chi connectivity index (χ4n) is 3.81. The van der Waals surface area contributed by atoms with Crippen molar-refractivity contribution in [2.24, 2.45) is 11.3 Å². The molecule has 2 rings (SSSR count). The van der Waals surface area contributed by atoms with Crippen molar-refractivity contribution >= 4 is 5.97 Å². The van der Waals surface area contributed by atoms with Crippen molar-refractivity contribution < 1.29 is 9.90 Å². The third-order valence-electron chi connectivity index (χ3n) is 4.97. The summed E-state index contributed by atoms with van der Waals surface area (Å²) >= 11 is 0. The summed E-state index contributed by atoms with van der Waals surface area (Å²) in [5.74, 6) is -0.200. The van der Waals surface area contributed by atoms with Crippen LogP contribution in [0.15, 0.2) is 30.3 Å². The fourth-order valence-corrected chi connectivity index (χ4v) is 3.81. The van der Waals surface area contributed by atoms with Crippen LogP contribution in [0.3, 0.4) is 0 Å². The van der Waals surface area contributed by atoms with Crippen LogP contribution in [0.5, 0.6) is 0 Å². The molecule has 1 aliphatic carbocycles. The lowest BCUT2D eigenvalue weighted by Gasteiger charge is -2.41. The highest BCUT2D eigenvalue weighted by molar-refractivity contribution is 5.75. The molecule has 1 aromatic rings. The Hall–Kier alpha value is -1.31. The fraction of sp³-hybridized carbons (Fsp3) is 0.611. The van der Waals surface area contributed by atoms with Gasteiger partial charge in [0.25, 0.3) is 0 Å². The molecule has 0 amide bonds. The van der Waals surface area contributed by atoms with Gasteiger partial charge in [0.2, 0.25) is 0 Å². The van der Waals surface area contributed by atoms with Gasteiger partial charge in [-0.1, -0.05) is 56.5 Å². The highest BCUT2D eigenvalue weighted by atomic mass is 16.4. The van der Waals surface area contributed by atoms with Crippen LogP contribution in [0.4, 0.5) is 0 Å². The molecule has 1 saturated carbocycles. The number of hydrogen-bond acceptors (Lipinski definition) is 1. The zero-order valence-electron chi connectivity index (χ0n) is 12.5. The second kappa shape index (κ2) is 6.92. The molecule has 1 aromatic carbocycles. The van der Waals surface area contributed by atoms with E-state index < -0.39 is 11.4 Å². The van der Waals surface area contributed by atoms with E-state index in [9.17, 15) is 9.90 Å². The largest absolute Gasteiger partial charge is 0.481 e. The summed E-state index contributed by atoms with van der Waals surface area (Å²) in [4.78, 5) is 12.0. The van der Waals surface area contributed by atoms with Crippen LogP contribution in [-0.4, -0.2) is 11.1 Å². The van der Waals surface area contributed by atoms with E-state index in [2.05, 4.69) is 19.1 Å². The maximum Gasteiger partial charge on any atom is 0.309 e. The molecule has 0 aliphatic heterocycles. The molecular formula is C18H26O2. The van der Waals surface area contributed by atoms with E-state index >= 15 is 0 Å². The minimum atomic E-state index is -0.563. The molecule has 1 aliphatic rings. The summed E-state index contributed by atoms with van der Waals surface area (Å²) in [5, 5.41) is 9.86. The third-order valence-corrected chi connectivity index (χ3v) is 4.97. The van der Waals surface area contributed by atoms with E-state index in [1.54, 1.807) is 0 Å². The van der Waals surface area contributed by atoms with Gasteiger partial charge in [-0.25, -0.2) is 0 Å². The second-order valence-electron chi connectivity index (χ2n) is 6.18. The number of carboxylic acids is 1. The Morgan fingerprint density at radius 2 is 2.05 bits per heavy atom. The number of benzene rings is 1. The van der Waals surface area contributed by atoms with Crippen LogP contribution in [0.1, 0.15) is 57.4 Å². The van der Waals surface area contributed by atoms with Crippen molar-refractivity contribution in [1.29, 1.82) is 0 Å². The molecule has 0 saturated heterocycles. The lowest BCUT2D eigenvalue weighted by molar-refractivity contribution is -0.156. The highest BCUT2D eigenvalue weighted by Crippen LogP contribution is 2.47. The molecule has 0 heterocycles. The van der Waals surface area contributed by atoms with Crippen LogP contribution in [0.2, 0.25) is 0 Å². The maximum atomic E-state index is 12.0. The molecular weight excluding hydrogens is 248 g/mol. The van der Waals surface area contributed by atoms with Crippen molar-refractivity contribution in [3.8, 4) is 0 Å². The third kappa shape index (κ3) is 3.23. The van der Waals surface area contributed by atoms with Gasteiger partial charge in [0.15, 0.2) is 0 Å². The first kappa shape index (κ1) is 15.1. The van der Waals surface area contributed by atoms with Gasteiger partial charge in [-0.05, 0) is 43.6 Å². The molecule has 2 atom stereocenters. The Morgan fingerprint density at radius 3 is 2.70 bits per heavy atom. The van der Waals surface area contributed by atoms with Gasteiger partial charge >= 0.3 is 5.97 Å². The smallest absolute Gasteiger partial charge is 0.309 e. The van der Waals surface area contributed by atoms with Crippen LogP contribution in [0.25, 0.3) is 0 Å². The highest BCUT2D eigenvalue weighted by Gasteiger charge is 2.45. The van der Waals surface area contributed by atoms with E-state index in [1.807, 2.05) is 18.2 Å². The van der Waals surface area contributed by atoms with Gasteiger partial charge in [0.1, 0.15) is 0 Å². The number of aliphatic carboxylic acids is 1. The van der Waals surface area contributed by atoms with Crippen LogP contribution in [-0.2, 0) is 11.2 Å². The molecule has 110 valence electrons. The summed E-state index contributed by atoms with van der Waals surface area (Å²) < 4.78 is 0. The number of aryl methyl sites for hydroxylation is 1. The molecule has 0 aromatic heterocycles. The van der Waals surface area contributed by atoms with Gasteiger partial charge in [-0.3, -0.25) is 4.79 Å². The number of carbonyl (C=O) groups is 1. The van der Waals surface area contributed by atoms with Gasteiger partial charge in [-0.15, -0.1) is 0 Å². The van der Waals surface area contributed by atoms with Crippen LogP contribution >= 0.6 is 0 Å². The van der Waals surface area contributed by atoms with E-state index in [0.717, 1.165) is 44.9 Å². The Kier molecular flexibility index (Phi) is 5.22. The predicted molar refractivity (Wildman–Crippen MR) is 81.7 cm³/mol. The summed E-state index contributed by atoms with van der Waals surface area (Å²) in [6, 6.07) is 10.3. The molecule has 0 spiro atoms. The minimum Gasteiger partial charge on any atom is -0.481 e. The molecule has 1 N–H and O–H groups in total. The predicted octanol–water partition coefficient (Wildman–Crippen LogP) is 4.68. The molecule has 0 radical (unpaired) electrons. The average molecular weight is 274 g/mol. The Labute approximate surface area is 122 Å². The average Bonchev–Trinajstić information content (AvgIpc) is 2.47. The number of rotatable bonds is 6. The molecule has 1 fully saturated rings. The van der Waals surface area contributed by atoms with E-state index in [4.69, 9.17) is 0 Å². The molecule has 2 unspecified atom stereocenters. The van der Waals surface area contributed by atoms with Crippen LogP contribution in [0, 0.1) is 11.3 Å². The summed E-state index contributed by atoms with van der Waals surface area (Å²) in [6.45, 7) is 2.17. The van der Waals surface area contributed by atoms with Gasteiger partial charge in [0.05, 0.1) is 5.41 Å². The van der Waals surface area contributed by atoms with Crippen molar-refractivity contribution in [1.82, 2.24) is 0 Å². The molecule has 0 bridgehead atoms. The van der Waals surface area contributed by atoms with Crippen molar-refractivity contribution in [2.75, 3.05) is 0 Å². The SMILES string of the molecule is CCCC1CCCCC1(CCc1ccccc1)C(=O)O. The quantitative estimate of drug-likeness (QED) is 0.817. The number of carboxylic acid groups (broad SMARTS) is 1. The van der Waals surface area contributed by atoms with E-state index in [1.165, 1.54) is 12.0 Å². The summed E-state index contributed by atoms with van der Waals surface area (Å²) in [7, 11) is 0. The lowest BCUT2D eigenvalue weighted by Crippen LogP contribution is -2.41. The van der Waals surface area contributed by atoms with E-state index in [0.29, 0.717) is 5.92 Å². The monoisotopic (exact) mass is 274 g/mol. The zero-order valence-corrected chi connectivity index (χ0v) is 12.5. The van der Waals surface area contributed by atoms with E-state index in [-0.39, 0.29) is 0 Å². The number of hydrogen-bond donors (Lipinski definition) is 1. The van der Waals surface area contributed by atoms with Crippen LogP contribution < -0.4 is 0 Å². The van der Waals surface area contributed by atoms with Crippen molar-refractivity contribution in [2.45, 2.75) is 58.3 Å². The van der Waals surface area contributed by atoms with Gasteiger partial charge in [0, 0.05) is 0 Å². The topological polar surface area (TPSA) is 37.3 Å². The maximum absolute atomic E-state index is 12.0. The standard InChI is InChI=1S/C18H26O2/c1-2-8-16-11-6-7-13-18(16,17(19)20)14-12-15-9-4-3-5-10-15/h3-5,9-10,16H,2,6-8,11-14H2,1H3,(H,19,20). The Morgan fingerprint density at radius 1 is 1.30 bits per heavy atom. The second-order valence-corrected chi connectivity index (χ2v) is 6.18. The molecule has 2 heteroatoms. The van der Waals surface area contributed by atoms with Crippen molar-refractivity contribution in [3.05, 3.63) is 35.9 Å². The summed E-state index contributed by atoms with van der Waals surface area (Å²) in [5.41, 5.74) is 0.776.